The van der Waals surface area contributed by atoms with Crippen molar-refractivity contribution >= 4 is 0 Å². The van der Waals surface area contributed by atoms with Gasteiger partial charge in [0.15, 0.2) is 0 Å². The van der Waals surface area contributed by atoms with E-state index in [-0.39, 0.29) is 0 Å². The molecule has 2 aliphatic rings. The summed E-state index contributed by atoms with van der Waals surface area (Å²) in [6.07, 6.45) is 12.0. The van der Waals surface area contributed by atoms with Crippen LogP contribution in [0.3, 0.4) is 0 Å². The fraction of sp³-hybridized carbons (Fsp3) is 0.667. The Bertz CT molecular complexity index is 376. The minimum atomic E-state index is 0.464. The molecule has 2 bridgehead atoms. The van der Waals surface area contributed by atoms with E-state index in [4.69, 9.17) is 5.73 Å². The molecule has 2 aliphatic carbocycles. The van der Waals surface area contributed by atoms with Crippen LogP contribution in [0.15, 0.2) is 24.5 Å². The largest absolute Gasteiger partial charge is 0.330 e. The highest BCUT2D eigenvalue weighted by molar-refractivity contribution is 5.11. The van der Waals surface area contributed by atoms with Crippen LogP contribution in [0.2, 0.25) is 0 Å². The number of aromatic nitrogens is 1. The second-order valence-corrected chi connectivity index (χ2v) is 6.00. The summed E-state index contributed by atoms with van der Waals surface area (Å²) in [7, 11) is 0. The van der Waals surface area contributed by atoms with E-state index >= 15 is 0 Å². The molecule has 3 rings (SSSR count). The van der Waals surface area contributed by atoms with Crippen LogP contribution in [-0.2, 0) is 6.42 Å². The highest BCUT2D eigenvalue weighted by atomic mass is 14.7. The lowest BCUT2D eigenvalue weighted by Gasteiger charge is -2.37. The van der Waals surface area contributed by atoms with Gasteiger partial charge in [-0.05, 0) is 73.6 Å². The van der Waals surface area contributed by atoms with Gasteiger partial charge in [-0.1, -0.05) is 6.42 Å². The van der Waals surface area contributed by atoms with Crippen molar-refractivity contribution in [2.45, 2.75) is 38.5 Å². The number of nitrogens with two attached hydrogens (primary N) is 1. The third-order valence-electron chi connectivity index (χ3n) is 5.17. The zero-order valence-electron chi connectivity index (χ0n) is 10.4. The zero-order chi connectivity index (χ0) is 11.7. The monoisotopic (exact) mass is 230 g/mol. The molecular formula is C15H22N2. The third kappa shape index (κ3) is 1.99. The lowest BCUT2D eigenvalue weighted by Crippen LogP contribution is -2.36. The minimum absolute atomic E-state index is 0.464. The highest BCUT2D eigenvalue weighted by Crippen LogP contribution is 2.57. The van der Waals surface area contributed by atoms with Crippen LogP contribution < -0.4 is 5.73 Å². The van der Waals surface area contributed by atoms with Crippen LogP contribution in [0.5, 0.6) is 0 Å². The van der Waals surface area contributed by atoms with E-state index in [1.54, 1.807) is 0 Å². The molecule has 0 spiro atoms. The van der Waals surface area contributed by atoms with Gasteiger partial charge in [0.05, 0.1) is 0 Å². The molecule has 1 aromatic heterocycles. The minimum Gasteiger partial charge on any atom is -0.330 e. The summed E-state index contributed by atoms with van der Waals surface area (Å²) in [5, 5.41) is 0. The molecule has 0 saturated heterocycles. The van der Waals surface area contributed by atoms with Crippen molar-refractivity contribution < 1.29 is 0 Å². The van der Waals surface area contributed by atoms with Crippen molar-refractivity contribution in [1.29, 1.82) is 0 Å². The molecule has 0 aliphatic heterocycles. The number of hydrogen-bond acceptors (Lipinski definition) is 2. The molecule has 2 nitrogen and oxygen atoms in total. The standard InChI is InChI=1S/C15H22N2/c16-11-15(10-13-1-2-14(15)9-13)6-3-12-4-7-17-8-5-12/h4-5,7-8,13-14H,1-3,6,9-11,16H2. The molecule has 3 atom stereocenters. The normalized spacial score (nSPS) is 35.4. The quantitative estimate of drug-likeness (QED) is 0.864. The second-order valence-electron chi connectivity index (χ2n) is 6.00. The Morgan fingerprint density at radius 1 is 1.29 bits per heavy atom. The van der Waals surface area contributed by atoms with Gasteiger partial charge >= 0.3 is 0 Å². The molecular weight excluding hydrogens is 208 g/mol. The Labute approximate surface area is 104 Å². The molecule has 2 saturated carbocycles. The first-order chi connectivity index (χ1) is 8.32. The lowest BCUT2D eigenvalue weighted by atomic mass is 9.70. The van der Waals surface area contributed by atoms with E-state index in [1.807, 2.05) is 12.4 Å². The summed E-state index contributed by atoms with van der Waals surface area (Å²) in [5.41, 5.74) is 7.98. The van der Waals surface area contributed by atoms with Crippen molar-refractivity contribution in [2.75, 3.05) is 6.54 Å². The molecule has 1 aromatic rings. The van der Waals surface area contributed by atoms with Crippen LogP contribution in [0.25, 0.3) is 0 Å². The fourth-order valence-electron chi connectivity index (χ4n) is 4.16. The highest BCUT2D eigenvalue weighted by Gasteiger charge is 2.49. The maximum Gasteiger partial charge on any atom is 0.0270 e. The van der Waals surface area contributed by atoms with E-state index in [0.29, 0.717) is 5.41 Å². The number of fused-ring (bicyclic) bond motifs is 2. The zero-order valence-corrected chi connectivity index (χ0v) is 10.4. The van der Waals surface area contributed by atoms with Crippen LogP contribution in [0.1, 0.15) is 37.7 Å². The summed E-state index contributed by atoms with van der Waals surface area (Å²) in [6.45, 7) is 0.888. The van der Waals surface area contributed by atoms with Gasteiger partial charge in [-0.25, -0.2) is 0 Å². The molecule has 92 valence electrons. The fourth-order valence-corrected chi connectivity index (χ4v) is 4.16. The first-order valence-electron chi connectivity index (χ1n) is 6.91. The van der Waals surface area contributed by atoms with Gasteiger partial charge in [-0.15, -0.1) is 0 Å². The maximum atomic E-state index is 6.11. The van der Waals surface area contributed by atoms with Crippen LogP contribution >= 0.6 is 0 Å². The summed E-state index contributed by atoms with van der Waals surface area (Å²) in [6, 6.07) is 4.27. The lowest BCUT2D eigenvalue weighted by molar-refractivity contribution is 0.158. The molecule has 1 heterocycles. The Morgan fingerprint density at radius 2 is 2.12 bits per heavy atom. The van der Waals surface area contributed by atoms with Gasteiger partial charge in [-0.2, -0.15) is 0 Å². The van der Waals surface area contributed by atoms with Gasteiger partial charge in [0, 0.05) is 12.4 Å². The number of pyridine rings is 1. The number of rotatable bonds is 4. The maximum absolute atomic E-state index is 6.11. The summed E-state index contributed by atoms with van der Waals surface area (Å²) in [5.74, 6) is 1.90. The molecule has 2 N–H and O–H groups in total. The van der Waals surface area contributed by atoms with E-state index in [0.717, 1.165) is 18.4 Å². The van der Waals surface area contributed by atoms with Gasteiger partial charge in [0.1, 0.15) is 0 Å². The van der Waals surface area contributed by atoms with Crippen molar-refractivity contribution in [1.82, 2.24) is 4.98 Å². The van der Waals surface area contributed by atoms with E-state index < -0.39 is 0 Å². The second kappa shape index (κ2) is 4.41. The average molecular weight is 230 g/mol. The van der Waals surface area contributed by atoms with E-state index in [9.17, 15) is 0 Å². The number of aryl methyl sites for hydroxylation is 1. The number of hydrogen-bond donors (Lipinski definition) is 1. The predicted molar refractivity (Wildman–Crippen MR) is 69.5 cm³/mol. The topological polar surface area (TPSA) is 38.9 Å². The van der Waals surface area contributed by atoms with Gasteiger partial charge < -0.3 is 5.73 Å². The molecule has 0 amide bonds. The van der Waals surface area contributed by atoms with Crippen LogP contribution in [0.4, 0.5) is 0 Å². The Morgan fingerprint density at radius 3 is 2.71 bits per heavy atom. The first kappa shape index (κ1) is 11.2. The molecule has 0 aromatic carbocycles. The molecule has 3 unspecified atom stereocenters. The summed E-state index contributed by atoms with van der Waals surface area (Å²) < 4.78 is 0. The Hall–Kier alpha value is -0.890. The summed E-state index contributed by atoms with van der Waals surface area (Å²) >= 11 is 0. The van der Waals surface area contributed by atoms with Gasteiger partial charge in [0.25, 0.3) is 0 Å². The van der Waals surface area contributed by atoms with Crippen molar-refractivity contribution in [3.05, 3.63) is 30.1 Å². The Balaban J connectivity index is 1.67. The van der Waals surface area contributed by atoms with Crippen LogP contribution in [-0.4, -0.2) is 11.5 Å². The van der Waals surface area contributed by atoms with Crippen molar-refractivity contribution in [3.63, 3.8) is 0 Å². The van der Waals surface area contributed by atoms with Gasteiger partial charge in [-0.3, -0.25) is 4.98 Å². The number of nitrogens with zero attached hydrogens (tertiary/aromatic N) is 1. The summed E-state index contributed by atoms with van der Waals surface area (Å²) in [4.78, 5) is 4.08. The predicted octanol–water partition coefficient (Wildman–Crippen LogP) is 2.78. The average Bonchev–Trinajstić information content (AvgIpc) is 2.98. The first-order valence-corrected chi connectivity index (χ1v) is 6.91. The van der Waals surface area contributed by atoms with Gasteiger partial charge in [0.2, 0.25) is 0 Å². The molecule has 2 fully saturated rings. The SMILES string of the molecule is NCC1(CCc2ccncc2)CC2CCC1C2. The van der Waals surface area contributed by atoms with E-state index in [2.05, 4.69) is 17.1 Å². The molecule has 0 radical (unpaired) electrons. The molecule has 17 heavy (non-hydrogen) atoms. The smallest absolute Gasteiger partial charge is 0.0270 e. The van der Waals surface area contributed by atoms with E-state index in [1.165, 1.54) is 44.1 Å². The Kier molecular flexibility index (Phi) is 2.91. The third-order valence-corrected chi connectivity index (χ3v) is 5.17. The molecule has 2 heteroatoms. The van der Waals surface area contributed by atoms with Crippen molar-refractivity contribution in [2.24, 2.45) is 23.0 Å². The van der Waals surface area contributed by atoms with Crippen LogP contribution in [0, 0.1) is 17.3 Å². The van der Waals surface area contributed by atoms with Crippen molar-refractivity contribution in [3.8, 4) is 0 Å².